The summed E-state index contributed by atoms with van der Waals surface area (Å²) in [7, 11) is 0. The normalized spacial score (nSPS) is 12.5. The van der Waals surface area contributed by atoms with Gasteiger partial charge in [-0.05, 0) is 12.3 Å². The third kappa shape index (κ3) is 2.24. The van der Waals surface area contributed by atoms with Crippen molar-refractivity contribution in [2.24, 2.45) is 5.84 Å². The average Bonchev–Trinajstić information content (AvgIpc) is 2.50. The van der Waals surface area contributed by atoms with E-state index in [-0.39, 0.29) is 6.04 Å². The minimum atomic E-state index is -0.235. The Labute approximate surface area is 116 Å². The number of aryl methyl sites for hydroxylation is 1. The number of aromatic nitrogens is 3. The Morgan fingerprint density at radius 2 is 1.90 bits per heavy atom. The van der Waals surface area contributed by atoms with E-state index in [2.05, 4.69) is 26.4 Å². The molecule has 0 spiro atoms. The van der Waals surface area contributed by atoms with E-state index in [9.17, 15) is 0 Å². The van der Waals surface area contributed by atoms with Gasteiger partial charge in [0.05, 0.1) is 23.6 Å². The van der Waals surface area contributed by atoms with Gasteiger partial charge in [-0.15, -0.1) is 0 Å². The van der Waals surface area contributed by atoms with E-state index in [1.807, 2.05) is 37.5 Å². The Morgan fingerprint density at radius 1 is 1.05 bits per heavy atom. The van der Waals surface area contributed by atoms with Crippen LogP contribution in [0.1, 0.15) is 23.0 Å². The molecular weight excluding hydrogens is 250 g/mol. The molecule has 0 aliphatic rings. The van der Waals surface area contributed by atoms with Crippen LogP contribution in [0.2, 0.25) is 0 Å². The van der Waals surface area contributed by atoms with Gasteiger partial charge >= 0.3 is 0 Å². The van der Waals surface area contributed by atoms with Crippen molar-refractivity contribution in [1.82, 2.24) is 20.4 Å². The topological polar surface area (TPSA) is 76.7 Å². The number of rotatable bonds is 3. The molecule has 1 unspecified atom stereocenters. The first-order valence-electron chi connectivity index (χ1n) is 6.37. The Bertz CT molecular complexity index is 718. The number of nitrogens with two attached hydrogens (primary N) is 1. The van der Waals surface area contributed by atoms with Gasteiger partial charge in [0, 0.05) is 29.5 Å². The van der Waals surface area contributed by atoms with Crippen LogP contribution in [0.25, 0.3) is 10.8 Å². The summed E-state index contributed by atoms with van der Waals surface area (Å²) in [6.07, 6.45) is 7.13. The molecule has 3 rings (SSSR count). The molecule has 0 radical (unpaired) electrons. The number of hydrogen-bond donors (Lipinski definition) is 2. The number of fused-ring (bicyclic) bond motifs is 1. The summed E-state index contributed by atoms with van der Waals surface area (Å²) >= 11 is 0. The molecule has 1 atom stereocenters. The van der Waals surface area contributed by atoms with Crippen LogP contribution in [0, 0.1) is 6.92 Å². The second-order valence-corrected chi connectivity index (χ2v) is 4.63. The van der Waals surface area contributed by atoms with Gasteiger partial charge in [0.25, 0.3) is 0 Å². The van der Waals surface area contributed by atoms with E-state index in [4.69, 9.17) is 5.84 Å². The molecule has 5 heteroatoms. The SMILES string of the molecule is Cc1cnc(C(NN)c2cncc3ccccc23)cn1. The molecule has 3 N–H and O–H groups in total. The van der Waals surface area contributed by atoms with Crippen LogP contribution in [0.3, 0.4) is 0 Å². The van der Waals surface area contributed by atoms with Gasteiger partial charge in [-0.2, -0.15) is 0 Å². The highest BCUT2D eigenvalue weighted by Gasteiger charge is 2.17. The lowest BCUT2D eigenvalue weighted by molar-refractivity contribution is 0.619. The largest absolute Gasteiger partial charge is 0.271 e. The first kappa shape index (κ1) is 12.7. The van der Waals surface area contributed by atoms with Crippen molar-refractivity contribution in [1.29, 1.82) is 0 Å². The van der Waals surface area contributed by atoms with Gasteiger partial charge in [-0.3, -0.25) is 20.8 Å². The molecule has 0 amide bonds. The third-order valence-electron chi connectivity index (χ3n) is 3.27. The van der Waals surface area contributed by atoms with Gasteiger partial charge in [0.1, 0.15) is 0 Å². The highest BCUT2D eigenvalue weighted by atomic mass is 15.2. The fourth-order valence-corrected chi connectivity index (χ4v) is 2.26. The maximum absolute atomic E-state index is 5.72. The van der Waals surface area contributed by atoms with Crippen LogP contribution in [0.4, 0.5) is 0 Å². The fourth-order valence-electron chi connectivity index (χ4n) is 2.26. The second-order valence-electron chi connectivity index (χ2n) is 4.63. The van der Waals surface area contributed by atoms with Gasteiger partial charge in [-0.1, -0.05) is 24.3 Å². The first-order chi connectivity index (χ1) is 9.79. The van der Waals surface area contributed by atoms with Crippen molar-refractivity contribution in [3.63, 3.8) is 0 Å². The average molecular weight is 265 g/mol. The van der Waals surface area contributed by atoms with Crippen molar-refractivity contribution < 1.29 is 0 Å². The van der Waals surface area contributed by atoms with Crippen LogP contribution in [-0.2, 0) is 0 Å². The van der Waals surface area contributed by atoms with Crippen molar-refractivity contribution in [3.05, 3.63) is 66.0 Å². The lowest BCUT2D eigenvalue weighted by atomic mass is 10.00. The van der Waals surface area contributed by atoms with Crippen molar-refractivity contribution in [2.45, 2.75) is 13.0 Å². The number of nitrogens with one attached hydrogen (secondary N) is 1. The minimum Gasteiger partial charge on any atom is -0.271 e. The smallest absolute Gasteiger partial charge is 0.0917 e. The Balaban J connectivity index is 2.14. The molecule has 2 heterocycles. The van der Waals surface area contributed by atoms with Gasteiger partial charge in [0.2, 0.25) is 0 Å². The van der Waals surface area contributed by atoms with Crippen molar-refractivity contribution in [2.75, 3.05) is 0 Å². The maximum atomic E-state index is 5.72. The van der Waals surface area contributed by atoms with E-state index in [0.717, 1.165) is 27.7 Å². The molecule has 3 aromatic rings. The molecule has 0 fully saturated rings. The monoisotopic (exact) mass is 265 g/mol. The molecule has 100 valence electrons. The zero-order chi connectivity index (χ0) is 13.9. The number of pyridine rings is 1. The molecule has 0 bridgehead atoms. The Morgan fingerprint density at radius 3 is 2.65 bits per heavy atom. The fraction of sp³-hybridized carbons (Fsp3) is 0.133. The van der Waals surface area contributed by atoms with Gasteiger partial charge in [0.15, 0.2) is 0 Å². The van der Waals surface area contributed by atoms with E-state index in [1.165, 1.54) is 0 Å². The zero-order valence-corrected chi connectivity index (χ0v) is 11.1. The van der Waals surface area contributed by atoms with Crippen LogP contribution >= 0.6 is 0 Å². The van der Waals surface area contributed by atoms with E-state index < -0.39 is 0 Å². The summed E-state index contributed by atoms with van der Waals surface area (Å²) in [5.41, 5.74) is 5.44. The van der Waals surface area contributed by atoms with Crippen LogP contribution < -0.4 is 11.3 Å². The summed E-state index contributed by atoms with van der Waals surface area (Å²) in [5.74, 6) is 5.72. The third-order valence-corrected chi connectivity index (χ3v) is 3.27. The Hall–Kier alpha value is -2.37. The van der Waals surface area contributed by atoms with Crippen LogP contribution in [-0.4, -0.2) is 15.0 Å². The van der Waals surface area contributed by atoms with E-state index in [0.29, 0.717) is 0 Å². The van der Waals surface area contributed by atoms with Crippen LogP contribution in [0.15, 0.2) is 49.1 Å². The lowest BCUT2D eigenvalue weighted by Crippen LogP contribution is -2.30. The zero-order valence-electron chi connectivity index (χ0n) is 11.1. The maximum Gasteiger partial charge on any atom is 0.0917 e. The molecule has 1 aromatic carbocycles. The quantitative estimate of drug-likeness (QED) is 0.558. The molecule has 20 heavy (non-hydrogen) atoms. The number of hydrogen-bond acceptors (Lipinski definition) is 5. The molecule has 5 nitrogen and oxygen atoms in total. The second kappa shape index (κ2) is 5.32. The first-order valence-corrected chi connectivity index (χ1v) is 6.37. The minimum absolute atomic E-state index is 0.235. The molecule has 0 aliphatic heterocycles. The number of hydrazine groups is 1. The highest BCUT2D eigenvalue weighted by Crippen LogP contribution is 2.26. The number of nitrogens with zero attached hydrogens (tertiary/aromatic N) is 3. The van der Waals surface area contributed by atoms with Crippen molar-refractivity contribution in [3.8, 4) is 0 Å². The molecule has 0 aliphatic carbocycles. The number of benzene rings is 1. The summed E-state index contributed by atoms with van der Waals surface area (Å²) in [6.45, 7) is 1.90. The van der Waals surface area contributed by atoms with Gasteiger partial charge < -0.3 is 0 Å². The lowest BCUT2D eigenvalue weighted by Gasteiger charge is -2.17. The summed E-state index contributed by atoms with van der Waals surface area (Å²) < 4.78 is 0. The molecule has 0 saturated carbocycles. The summed E-state index contributed by atoms with van der Waals surface area (Å²) in [4.78, 5) is 13.0. The Kier molecular flexibility index (Phi) is 3.37. The van der Waals surface area contributed by atoms with Crippen LogP contribution in [0.5, 0.6) is 0 Å². The predicted octanol–water partition coefficient (Wildman–Crippen LogP) is 1.89. The van der Waals surface area contributed by atoms with E-state index in [1.54, 1.807) is 12.4 Å². The predicted molar refractivity (Wildman–Crippen MR) is 77.7 cm³/mol. The standard InChI is InChI=1S/C15H15N5/c1-10-6-19-14(9-18-10)15(20-16)13-8-17-7-11-4-2-3-5-12(11)13/h2-9,15,20H,16H2,1H3. The molecular formula is C15H15N5. The molecule has 2 aromatic heterocycles. The van der Waals surface area contributed by atoms with E-state index >= 15 is 0 Å². The highest BCUT2D eigenvalue weighted by molar-refractivity contribution is 5.85. The summed E-state index contributed by atoms with van der Waals surface area (Å²) in [5, 5.41) is 2.18. The van der Waals surface area contributed by atoms with Crippen molar-refractivity contribution >= 4 is 10.8 Å². The van der Waals surface area contributed by atoms with Gasteiger partial charge in [-0.25, -0.2) is 5.43 Å². The summed E-state index contributed by atoms with van der Waals surface area (Å²) in [6, 6.07) is 7.84. The molecule has 0 saturated heterocycles.